The first-order valence-corrected chi connectivity index (χ1v) is 12.8. The molecule has 4 aromatic rings. The second-order valence-corrected chi connectivity index (χ2v) is 10.00. The molecule has 2 aromatic carbocycles. The predicted octanol–water partition coefficient (Wildman–Crippen LogP) is 3.56. The van der Waals surface area contributed by atoms with Crippen molar-refractivity contribution < 1.29 is 22.7 Å². The van der Waals surface area contributed by atoms with Crippen LogP contribution >= 0.6 is 0 Å². The van der Waals surface area contributed by atoms with Crippen molar-refractivity contribution in [2.45, 2.75) is 11.4 Å². The predicted molar refractivity (Wildman–Crippen MR) is 135 cm³/mol. The summed E-state index contributed by atoms with van der Waals surface area (Å²) >= 11 is 0. The van der Waals surface area contributed by atoms with Gasteiger partial charge in [-0.25, -0.2) is 8.42 Å². The van der Waals surface area contributed by atoms with E-state index >= 15 is 0 Å². The van der Waals surface area contributed by atoms with Gasteiger partial charge >= 0.3 is 0 Å². The van der Waals surface area contributed by atoms with Gasteiger partial charge in [0.15, 0.2) is 9.84 Å². The quantitative estimate of drug-likeness (QED) is 0.336. The lowest BCUT2D eigenvalue weighted by molar-refractivity contribution is 0.0942. The highest BCUT2D eigenvalue weighted by molar-refractivity contribution is 7.90. The number of aromatic nitrogens is 2. The summed E-state index contributed by atoms with van der Waals surface area (Å²) < 4.78 is 29.0. The van der Waals surface area contributed by atoms with Crippen molar-refractivity contribution >= 4 is 21.7 Å². The van der Waals surface area contributed by atoms with E-state index < -0.39 is 9.84 Å². The molecule has 2 amide bonds. The molecule has 10 heteroatoms. The molecule has 0 aliphatic carbocycles. The van der Waals surface area contributed by atoms with Crippen LogP contribution in [0.5, 0.6) is 11.5 Å². The van der Waals surface area contributed by atoms with Crippen molar-refractivity contribution in [2.24, 2.45) is 0 Å². The summed E-state index contributed by atoms with van der Waals surface area (Å²) in [7, 11) is -1.73. The van der Waals surface area contributed by atoms with Gasteiger partial charge in [0.25, 0.3) is 11.8 Å². The number of nitrogens with zero attached hydrogens (tertiary/aromatic N) is 1. The summed E-state index contributed by atoms with van der Waals surface area (Å²) in [6.45, 7) is 0.312. The molecule has 0 radical (unpaired) electrons. The molecule has 4 rings (SSSR count). The molecule has 0 atom stereocenters. The van der Waals surface area contributed by atoms with Crippen molar-refractivity contribution in [3.8, 4) is 22.6 Å². The van der Waals surface area contributed by atoms with Gasteiger partial charge in [0, 0.05) is 38.3 Å². The molecule has 3 N–H and O–H groups in total. The first-order valence-electron chi connectivity index (χ1n) is 10.9. The van der Waals surface area contributed by atoms with E-state index in [-0.39, 0.29) is 22.4 Å². The van der Waals surface area contributed by atoms with Crippen molar-refractivity contribution in [1.82, 2.24) is 20.6 Å². The lowest BCUT2D eigenvalue weighted by atomic mass is 10.1. The second-order valence-electron chi connectivity index (χ2n) is 7.98. The van der Waals surface area contributed by atoms with Crippen molar-refractivity contribution in [3.05, 3.63) is 96.1 Å². The fourth-order valence-corrected chi connectivity index (χ4v) is 4.03. The highest BCUT2D eigenvalue weighted by atomic mass is 32.2. The standard InChI is InChI=1S/C26H24N4O5S/c1-27-25(31)24-14-21(11-12-28-24)35-20-7-3-17(4-8-20)15-30-26(32)23-13-19(16-29-23)18-5-9-22(10-6-18)36(2,33)34/h3-14,16,29H,15H2,1-2H3,(H,27,31)(H,30,32). The molecule has 36 heavy (non-hydrogen) atoms. The normalized spacial score (nSPS) is 11.1. The highest BCUT2D eigenvalue weighted by Crippen LogP contribution is 2.23. The molecule has 0 saturated carbocycles. The van der Waals surface area contributed by atoms with E-state index in [0.717, 1.165) is 22.9 Å². The molecule has 184 valence electrons. The summed E-state index contributed by atoms with van der Waals surface area (Å²) in [6.07, 6.45) is 4.36. The fourth-order valence-electron chi connectivity index (χ4n) is 3.40. The number of nitrogens with one attached hydrogen (secondary N) is 3. The van der Waals surface area contributed by atoms with Crippen molar-refractivity contribution in [2.75, 3.05) is 13.3 Å². The Kier molecular flexibility index (Phi) is 7.16. The number of hydrogen-bond acceptors (Lipinski definition) is 6. The van der Waals surface area contributed by atoms with Crippen LogP contribution in [0.15, 0.2) is 84.0 Å². The minimum absolute atomic E-state index is 0.241. The van der Waals surface area contributed by atoms with Gasteiger partial charge < -0.3 is 20.4 Å². The Balaban J connectivity index is 1.34. The Labute approximate surface area is 208 Å². The number of aromatic amines is 1. The average molecular weight is 505 g/mol. The summed E-state index contributed by atoms with van der Waals surface area (Å²) in [5.74, 6) is 0.492. The minimum atomic E-state index is -3.27. The number of pyridine rings is 1. The van der Waals surface area contributed by atoms with E-state index in [0.29, 0.717) is 23.7 Å². The Morgan fingerprint density at radius 2 is 1.64 bits per heavy atom. The van der Waals surface area contributed by atoms with Crippen LogP contribution in [0.4, 0.5) is 0 Å². The molecule has 9 nitrogen and oxygen atoms in total. The number of rotatable bonds is 8. The second kappa shape index (κ2) is 10.4. The molecule has 0 aliphatic rings. The number of carbonyl (C=O) groups excluding carboxylic acids is 2. The largest absolute Gasteiger partial charge is 0.457 e. The van der Waals surface area contributed by atoms with Crippen LogP contribution in [0.25, 0.3) is 11.1 Å². The Morgan fingerprint density at radius 1 is 0.917 bits per heavy atom. The van der Waals surface area contributed by atoms with E-state index in [1.165, 1.54) is 13.2 Å². The number of H-pyrrole nitrogens is 1. The van der Waals surface area contributed by atoms with Gasteiger partial charge in [0.05, 0.1) is 4.90 Å². The first kappa shape index (κ1) is 24.7. The van der Waals surface area contributed by atoms with Gasteiger partial charge in [0.1, 0.15) is 22.9 Å². The molecule has 0 saturated heterocycles. The van der Waals surface area contributed by atoms with Crippen LogP contribution in [0.1, 0.15) is 26.5 Å². The van der Waals surface area contributed by atoms with Gasteiger partial charge in [-0.05, 0) is 53.1 Å². The summed E-state index contributed by atoms with van der Waals surface area (Å²) in [5, 5.41) is 5.38. The zero-order chi connectivity index (χ0) is 25.7. The van der Waals surface area contributed by atoms with Crippen LogP contribution < -0.4 is 15.4 Å². The molecular formula is C26H24N4O5S. The average Bonchev–Trinajstić information content (AvgIpc) is 3.38. The third-order valence-corrected chi connectivity index (χ3v) is 6.48. The summed E-state index contributed by atoms with van der Waals surface area (Å²) in [6, 6.07) is 18.6. The number of amides is 2. The van der Waals surface area contributed by atoms with Gasteiger partial charge in [0.2, 0.25) is 0 Å². The third-order valence-electron chi connectivity index (χ3n) is 5.35. The monoisotopic (exact) mass is 504 g/mol. The van der Waals surface area contributed by atoms with Gasteiger partial charge in [-0.1, -0.05) is 24.3 Å². The molecular weight excluding hydrogens is 480 g/mol. The number of carbonyl (C=O) groups is 2. The van der Waals surface area contributed by atoms with Crippen molar-refractivity contribution in [3.63, 3.8) is 0 Å². The lowest BCUT2D eigenvalue weighted by Crippen LogP contribution is -2.22. The lowest BCUT2D eigenvalue weighted by Gasteiger charge is -2.08. The van der Waals surface area contributed by atoms with Gasteiger partial charge in [-0.3, -0.25) is 14.6 Å². The topological polar surface area (TPSA) is 130 Å². The van der Waals surface area contributed by atoms with E-state index in [1.807, 2.05) is 12.1 Å². The molecule has 2 heterocycles. The molecule has 2 aromatic heterocycles. The maximum Gasteiger partial charge on any atom is 0.269 e. The maximum atomic E-state index is 12.6. The van der Waals surface area contributed by atoms with Gasteiger partial charge in [-0.15, -0.1) is 0 Å². The first-order chi connectivity index (χ1) is 17.2. The van der Waals surface area contributed by atoms with E-state index in [4.69, 9.17) is 4.74 Å². The zero-order valence-electron chi connectivity index (χ0n) is 19.6. The SMILES string of the molecule is CNC(=O)c1cc(Oc2ccc(CNC(=O)c3cc(-c4ccc(S(C)(=O)=O)cc4)c[nH]3)cc2)ccn1. The number of sulfone groups is 1. The molecule has 0 unspecified atom stereocenters. The van der Waals surface area contributed by atoms with E-state index in [1.54, 1.807) is 60.8 Å². The highest BCUT2D eigenvalue weighted by Gasteiger charge is 2.12. The van der Waals surface area contributed by atoms with Crippen LogP contribution in [0, 0.1) is 0 Å². The van der Waals surface area contributed by atoms with E-state index in [2.05, 4.69) is 20.6 Å². The van der Waals surface area contributed by atoms with Crippen molar-refractivity contribution in [1.29, 1.82) is 0 Å². The smallest absolute Gasteiger partial charge is 0.269 e. The van der Waals surface area contributed by atoms with Gasteiger partial charge in [-0.2, -0.15) is 0 Å². The van der Waals surface area contributed by atoms with Crippen LogP contribution in [-0.2, 0) is 16.4 Å². The van der Waals surface area contributed by atoms with Crippen LogP contribution in [0.3, 0.4) is 0 Å². The fraction of sp³-hybridized carbons (Fsp3) is 0.115. The summed E-state index contributed by atoms with van der Waals surface area (Å²) in [5.41, 5.74) is 3.09. The number of benzene rings is 2. The molecule has 0 bridgehead atoms. The Bertz CT molecular complexity index is 1490. The van der Waals surface area contributed by atoms with Crippen LogP contribution in [0.2, 0.25) is 0 Å². The number of hydrogen-bond donors (Lipinski definition) is 3. The Morgan fingerprint density at radius 3 is 2.31 bits per heavy atom. The van der Waals surface area contributed by atoms with Crippen LogP contribution in [-0.4, -0.2) is 43.5 Å². The maximum absolute atomic E-state index is 12.6. The molecule has 0 fully saturated rings. The molecule has 0 spiro atoms. The number of ether oxygens (including phenoxy) is 1. The minimum Gasteiger partial charge on any atom is -0.457 e. The third kappa shape index (κ3) is 5.97. The van der Waals surface area contributed by atoms with E-state index in [9.17, 15) is 18.0 Å². The molecule has 0 aliphatic heterocycles. The Hall–Kier alpha value is -4.44. The summed E-state index contributed by atoms with van der Waals surface area (Å²) in [4.78, 5) is 31.5. The zero-order valence-corrected chi connectivity index (χ0v) is 20.4.